The van der Waals surface area contributed by atoms with Crippen LogP contribution in [0.1, 0.15) is 64.7 Å². The largest absolute Gasteiger partial charge is 0.385 e. The minimum atomic E-state index is 0.401. The Hall–Kier alpha value is -0.810. The maximum atomic E-state index is 6.01. The molecule has 0 amide bonds. The van der Waals surface area contributed by atoms with Crippen molar-refractivity contribution in [3.63, 3.8) is 0 Å². The first-order valence-corrected chi connectivity index (χ1v) is 10.3. The van der Waals surface area contributed by atoms with Gasteiger partial charge in [-0.1, -0.05) is 19.3 Å². The van der Waals surface area contributed by atoms with Crippen LogP contribution in [-0.2, 0) is 9.47 Å². The number of nitrogens with one attached hydrogen (secondary N) is 2. The number of hydrogen-bond acceptors (Lipinski definition) is 3. The summed E-state index contributed by atoms with van der Waals surface area (Å²) in [6, 6.07) is 0. The lowest BCUT2D eigenvalue weighted by Gasteiger charge is -2.42. The molecule has 0 aromatic heterocycles. The Bertz CT molecular complexity index is 390. The maximum absolute atomic E-state index is 6.01. The SMILES string of the molecule is CCOC(CCNC(=NC)NCC1(CCOC)CCC1)C1CCCC1. The molecule has 0 heterocycles. The van der Waals surface area contributed by atoms with Crippen LogP contribution in [0.5, 0.6) is 0 Å². The molecule has 2 saturated carbocycles. The summed E-state index contributed by atoms with van der Waals surface area (Å²) in [6.45, 7) is 5.69. The Balaban J connectivity index is 1.70. The number of hydrogen-bond donors (Lipinski definition) is 2. The van der Waals surface area contributed by atoms with Crippen LogP contribution >= 0.6 is 0 Å². The van der Waals surface area contributed by atoms with Crippen molar-refractivity contribution in [2.75, 3.05) is 40.5 Å². The minimum absolute atomic E-state index is 0.401. The van der Waals surface area contributed by atoms with Gasteiger partial charge in [0.05, 0.1) is 6.10 Å². The van der Waals surface area contributed by atoms with Crippen LogP contribution in [-0.4, -0.2) is 52.5 Å². The fourth-order valence-corrected chi connectivity index (χ4v) is 4.33. The lowest BCUT2D eigenvalue weighted by atomic mass is 9.67. The van der Waals surface area contributed by atoms with E-state index in [4.69, 9.17) is 9.47 Å². The van der Waals surface area contributed by atoms with E-state index >= 15 is 0 Å². The minimum Gasteiger partial charge on any atom is -0.385 e. The van der Waals surface area contributed by atoms with Crippen molar-refractivity contribution in [2.45, 2.75) is 70.8 Å². The third-order valence-electron chi connectivity index (χ3n) is 6.13. The predicted octanol–water partition coefficient (Wildman–Crippen LogP) is 3.34. The van der Waals surface area contributed by atoms with Gasteiger partial charge in [-0.15, -0.1) is 0 Å². The van der Waals surface area contributed by atoms with Crippen molar-refractivity contribution in [1.29, 1.82) is 0 Å². The van der Waals surface area contributed by atoms with E-state index in [1.165, 1.54) is 44.9 Å². The molecule has 2 fully saturated rings. The van der Waals surface area contributed by atoms with Crippen molar-refractivity contribution in [1.82, 2.24) is 10.6 Å². The Morgan fingerprint density at radius 2 is 1.96 bits per heavy atom. The fraction of sp³-hybridized carbons (Fsp3) is 0.950. The molecule has 2 aliphatic rings. The Morgan fingerprint density at radius 3 is 2.52 bits per heavy atom. The van der Waals surface area contributed by atoms with Crippen LogP contribution in [0.25, 0.3) is 0 Å². The van der Waals surface area contributed by atoms with Crippen LogP contribution in [0.15, 0.2) is 4.99 Å². The summed E-state index contributed by atoms with van der Waals surface area (Å²) in [5, 5.41) is 7.03. The zero-order valence-electron chi connectivity index (χ0n) is 16.6. The van der Waals surface area contributed by atoms with Gasteiger partial charge in [-0.05, 0) is 56.8 Å². The summed E-state index contributed by atoms with van der Waals surface area (Å²) in [4.78, 5) is 4.39. The second-order valence-corrected chi connectivity index (χ2v) is 7.78. The van der Waals surface area contributed by atoms with Gasteiger partial charge < -0.3 is 20.1 Å². The summed E-state index contributed by atoms with van der Waals surface area (Å²) in [5.74, 6) is 1.68. The molecule has 0 spiro atoms. The number of nitrogens with zero attached hydrogens (tertiary/aromatic N) is 1. The van der Waals surface area contributed by atoms with E-state index in [0.717, 1.165) is 51.0 Å². The second-order valence-electron chi connectivity index (χ2n) is 7.78. The first kappa shape index (κ1) is 20.5. The standard InChI is InChI=1S/C20H39N3O2/c1-4-25-18(17-8-5-6-9-17)10-14-22-19(21-2)23-16-20(11-7-12-20)13-15-24-3/h17-18H,4-16H2,1-3H3,(H2,21,22,23). The fourth-order valence-electron chi connectivity index (χ4n) is 4.33. The molecule has 146 valence electrons. The van der Waals surface area contributed by atoms with Gasteiger partial charge in [0, 0.05) is 40.5 Å². The number of guanidine groups is 1. The monoisotopic (exact) mass is 353 g/mol. The first-order chi connectivity index (χ1) is 12.2. The molecule has 0 radical (unpaired) electrons. The lowest BCUT2D eigenvalue weighted by molar-refractivity contribution is 0.0169. The number of aliphatic imine (C=N–C) groups is 1. The molecule has 0 saturated heterocycles. The van der Waals surface area contributed by atoms with Crippen LogP contribution < -0.4 is 10.6 Å². The maximum Gasteiger partial charge on any atom is 0.190 e. The smallest absolute Gasteiger partial charge is 0.190 e. The summed E-state index contributed by atoms with van der Waals surface area (Å²) in [6.07, 6.45) is 12.0. The van der Waals surface area contributed by atoms with Crippen molar-refractivity contribution in [3.05, 3.63) is 0 Å². The van der Waals surface area contributed by atoms with E-state index in [2.05, 4.69) is 22.5 Å². The molecule has 1 unspecified atom stereocenters. The Labute approximate surface area is 154 Å². The number of rotatable bonds is 11. The van der Waals surface area contributed by atoms with Crippen molar-refractivity contribution in [2.24, 2.45) is 16.3 Å². The van der Waals surface area contributed by atoms with Gasteiger partial charge in [0.2, 0.25) is 0 Å². The average molecular weight is 354 g/mol. The van der Waals surface area contributed by atoms with Gasteiger partial charge in [0.1, 0.15) is 0 Å². The highest BCUT2D eigenvalue weighted by molar-refractivity contribution is 5.79. The molecule has 2 N–H and O–H groups in total. The number of ether oxygens (including phenoxy) is 2. The van der Waals surface area contributed by atoms with Crippen LogP contribution in [0.4, 0.5) is 0 Å². The molecule has 1 atom stereocenters. The molecular formula is C20H39N3O2. The topological polar surface area (TPSA) is 54.9 Å². The lowest BCUT2D eigenvalue weighted by Crippen LogP contribution is -2.47. The molecule has 2 aliphatic carbocycles. The highest BCUT2D eigenvalue weighted by Crippen LogP contribution is 2.43. The third-order valence-corrected chi connectivity index (χ3v) is 6.13. The Kier molecular flexibility index (Phi) is 9.04. The normalized spacial score (nSPS) is 21.8. The summed E-state index contributed by atoms with van der Waals surface area (Å²) in [5.41, 5.74) is 0.408. The predicted molar refractivity (Wildman–Crippen MR) is 104 cm³/mol. The van der Waals surface area contributed by atoms with Gasteiger partial charge in [-0.3, -0.25) is 4.99 Å². The zero-order chi connectivity index (χ0) is 18.0. The second kappa shape index (κ2) is 11.0. The van der Waals surface area contributed by atoms with E-state index in [9.17, 15) is 0 Å². The van der Waals surface area contributed by atoms with E-state index in [0.29, 0.717) is 11.5 Å². The van der Waals surface area contributed by atoms with E-state index in [1.807, 2.05) is 7.05 Å². The quantitative estimate of drug-likeness (QED) is 0.442. The van der Waals surface area contributed by atoms with Crippen molar-refractivity contribution in [3.8, 4) is 0 Å². The summed E-state index contributed by atoms with van der Waals surface area (Å²) in [7, 11) is 3.65. The highest BCUT2D eigenvalue weighted by atomic mass is 16.5. The van der Waals surface area contributed by atoms with E-state index in [-0.39, 0.29) is 0 Å². The van der Waals surface area contributed by atoms with Crippen LogP contribution in [0.3, 0.4) is 0 Å². The van der Waals surface area contributed by atoms with Crippen LogP contribution in [0.2, 0.25) is 0 Å². The van der Waals surface area contributed by atoms with Gasteiger partial charge in [-0.25, -0.2) is 0 Å². The van der Waals surface area contributed by atoms with Gasteiger partial charge in [0.25, 0.3) is 0 Å². The summed E-state index contributed by atoms with van der Waals surface area (Å²) >= 11 is 0. The first-order valence-electron chi connectivity index (χ1n) is 10.3. The molecule has 25 heavy (non-hydrogen) atoms. The van der Waals surface area contributed by atoms with Crippen LogP contribution in [0, 0.1) is 11.3 Å². The molecule has 0 aliphatic heterocycles. The molecule has 5 nitrogen and oxygen atoms in total. The van der Waals surface area contributed by atoms with E-state index < -0.39 is 0 Å². The van der Waals surface area contributed by atoms with Gasteiger partial charge in [0.15, 0.2) is 5.96 Å². The zero-order valence-corrected chi connectivity index (χ0v) is 16.6. The van der Waals surface area contributed by atoms with Crippen molar-refractivity contribution >= 4 is 5.96 Å². The highest BCUT2D eigenvalue weighted by Gasteiger charge is 2.36. The van der Waals surface area contributed by atoms with E-state index in [1.54, 1.807) is 7.11 Å². The molecule has 0 aromatic carbocycles. The number of methoxy groups -OCH3 is 1. The average Bonchev–Trinajstić information content (AvgIpc) is 3.12. The molecular weight excluding hydrogens is 314 g/mol. The third kappa shape index (κ3) is 6.45. The Morgan fingerprint density at radius 1 is 1.20 bits per heavy atom. The molecule has 2 rings (SSSR count). The molecule has 5 heteroatoms. The summed E-state index contributed by atoms with van der Waals surface area (Å²) < 4.78 is 11.3. The molecule has 0 bridgehead atoms. The molecule has 0 aromatic rings. The van der Waals surface area contributed by atoms with Gasteiger partial charge >= 0.3 is 0 Å². The van der Waals surface area contributed by atoms with Gasteiger partial charge in [-0.2, -0.15) is 0 Å². The van der Waals surface area contributed by atoms with Crippen molar-refractivity contribution < 1.29 is 9.47 Å².